The minimum Gasteiger partial charge on any atom is -0.339 e. The zero-order valence-electron chi connectivity index (χ0n) is 10.4. The normalized spacial score (nSPS) is 12.2. The summed E-state index contributed by atoms with van der Waals surface area (Å²) in [5, 5.41) is 6.40. The van der Waals surface area contributed by atoms with Crippen LogP contribution in [-0.2, 0) is 16.3 Å². The number of aryl methyl sites for hydroxylation is 1. The van der Waals surface area contributed by atoms with Crippen LogP contribution in [0.25, 0.3) is 0 Å². The van der Waals surface area contributed by atoms with E-state index in [1.54, 1.807) is 20.8 Å². The topological polar surface area (TPSA) is 85.1 Å². The third-order valence-corrected chi connectivity index (χ3v) is 4.58. The molecule has 0 aromatic carbocycles. The maximum atomic E-state index is 11.5. The van der Waals surface area contributed by atoms with Gasteiger partial charge in [-0.1, -0.05) is 5.16 Å². The zero-order chi connectivity index (χ0) is 12.9. The Labute approximate surface area is 102 Å². The first-order chi connectivity index (χ1) is 7.92. The molecule has 0 atom stereocenters. The third kappa shape index (κ3) is 4.82. The fraction of sp³-hybridized carbons (Fsp3) is 0.800. The fourth-order valence-corrected chi connectivity index (χ4v) is 2.11. The highest BCUT2D eigenvalue weighted by Gasteiger charge is 2.14. The van der Waals surface area contributed by atoms with Gasteiger partial charge in [-0.15, -0.1) is 0 Å². The molecule has 17 heavy (non-hydrogen) atoms. The molecule has 0 aliphatic heterocycles. The minimum atomic E-state index is -2.95. The van der Waals surface area contributed by atoms with Gasteiger partial charge in [-0.05, 0) is 20.8 Å². The van der Waals surface area contributed by atoms with E-state index in [0.717, 1.165) is 0 Å². The Morgan fingerprint density at radius 2 is 2.06 bits per heavy atom. The van der Waals surface area contributed by atoms with E-state index in [4.69, 9.17) is 4.52 Å². The molecular weight excluding hydrogens is 242 g/mol. The molecule has 6 nitrogen and oxygen atoms in total. The van der Waals surface area contributed by atoms with Crippen LogP contribution in [-0.4, -0.2) is 42.7 Å². The van der Waals surface area contributed by atoms with E-state index in [-0.39, 0.29) is 11.0 Å². The molecule has 0 bridgehead atoms. The SMILES string of the molecule is Cc1noc(CCNCCS(=O)(=O)C(C)C)n1. The van der Waals surface area contributed by atoms with Crippen molar-refractivity contribution in [2.24, 2.45) is 0 Å². The summed E-state index contributed by atoms with van der Waals surface area (Å²) >= 11 is 0. The Hall–Kier alpha value is -0.950. The van der Waals surface area contributed by atoms with Crippen LogP contribution in [0.4, 0.5) is 0 Å². The molecule has 1 heterocycles. The van der Waals surface area contributed by atoms with Gasteiger partial charge in [-0.25, -0.2) is 8.42 Å². The molecule has 0 unspecified atom stereocenters. The summed E-state index contributed by atoms with van der Waals surface area (Å²) in [4.78, 5) is 4.05. The lowest BCUT2D eigenvalue weighted by atomic mass is 10.4. The van der Waals surface area contributed by atoms with Gasteiger partial charge in [0.2, 0.25) is 5.89 Å². The summed E-state index contributed by atoms with van der Waals surface area (Å²) in [6.07, 6.45) is 0.614. The Kier molecular flexibility index (Phi) is 5.07. The Bertz CT molecular complexity index is 439. The summed E-state index contributed by atoms with van der Waals surface area (Å²) < 4.78 is 27.9. The summed E-state index contributed by atoms with van der Waals surface area (Å²) in [5.41, 5.74) is 0. The van der Waals surface area contributed by atoms with E-state index >= 15 is 0 Å². The summed E-state index contributed by atoms with van der Waals surface area (Å²) in [6, 6.07) is 0. The van der Waals surface area contributed by atoms with Crippen molar-refractivity contribution >= 4 is 9.84 Å². The van der Waals surface area contributed by atoms with Gasteiger partial charge in [0, 0.05) is 19.5 Å². The maximum Gasteiger partial charge on any atom is 0.227 e. The van der Waals surface area contributed by atoms with Crippen molar-refractivity contribution in [2.45, 2.75) is 32.4 Å². The van der Waals surface area contributed by atoms with Gasteiger partial charge in [0.25, 0.3) is 0 Å². The van der Waals surface area contributed by atoms with E-state index in [0.29, 0.717) is 31.2 Å². The molecule has 0 saturated carbocycles. The van der Waals surface area contributed by atoms with Gasteiger partial charge >= 0.3 is 0 Å². The second-order valence-corrected chi connectivity index (χ2v) is 6.83. The molecule has 0 aliphatic rings. The van der Waals surface area contributed by atoms with Gasteiger partial charge < -0.3 is 9.84 Å². The smallest absolute Gasteiger partial charge is 0.227 e. The van der Waals surface area contributed by atoms with Crippen LogP contribution >= 0.6 is 0 Å². The van der Waals surface area contributed by atoms with E-state index in [1.807, 2.05) is 0 Å². The average Bonchev–Trinajstić information content (AvgIpc) is 2.63. The van der Waals surface area contributed by atoms with Gasteiger partial charge in [-0.2, -0.15) is 4.98 Å². The minimum absolute atomic E-state index is 0.160. The van der Waals surface area contributed by atoms with Crippen LogP contribution in [0.3, 0.4) is 0 Å². The van der Waals surface area contributed by atoms with Gasteiger partial charge in [0.05, 0.1) is 11.0 Å². The first kappa shape index (κ1) is 14.1. The van der Waals surface area contributed by atoms with Crippen molar-refractivity contribution in [1.82, 2.24) is 15.5 Å². The van der Waals surface area contributed by atoms with Crippen LogP contribution in [0, 0.1) is 6.92 Å². The lowest BCUT2D eigenvalue weighted by Crippen LogP contribution is -2.28. The monoisotopic (exact) mass is 261 g/mol. The highest BCUT2D eigenvalue weighted by molar-refractivity contribution is 7.92. The van der Waals surface area contributed by atoms with Crippen molar-refractivity contribution in [3.63, 3.8) is 0 Å². The molecule has 98 valence electrons. The molecule has 1 N–H and O–H groups in total. The molecule has 0 spiro atoms. The van der Waals surface area contributed by atoms with Crippen LogP contribution in [0.2, 0.25) is 0 Å². The van der Waals surface area contributed by atoms with Crippen LogP contribution < -0.4 is 5.32 Å². The zero-order valence-corrected chi connectivity index (χ0v) is 11.2. The average molecular weight is 261 g/mol. The molecular formula is C10H19N3O3S. The second-order valence-electron chi connectivity index (χ2n) is 4.15. The number of nitrogens with one attached hydrogen (secondary N) is 1. The summed E-state index contributed by atoms with van der Waals surface area (Å²) in [6.45, 7) is 6.23. The van der Waals surface area contributed by atoms with Crippen LogP contribution in [0.5, 0.6) is 0 Å². The number of hydrogen-bond acceptors (Lipinski definition) is 6. The number of rotatable bonds is 7. The van der Waals surface area contributed by atoms with Crippen LogP contribution in [0.1, 0.15) is 25.6 Å². The number of hydrogen-bond donors (Lipinski definition) is 1. The predicted molar refractivity (Wildman–Crippen MR) is 64.5 cm³/mol. The van der Waals surface area contributed by atoms with Gasteiger partial charge in [0.15, 0.2) is 15.7 Å². The molecule has 0 amide bonds. The van der Waals surface area contributed by atoms with Crippen molar-refractivity contribution in [3.8, 4) is 0 Å². The van der Waals surface area contributed by atoms with Crippen molar-refractivity contribution in [3.05, 3.63) is 11.7 Å². The lowest BCUT2D eigenvalue weighted by Gasteiger charge is -2.07. The van der Waals surface area contributed by atoms with Crippen molar-refractivity contribution < 1.29 is 12.9 Å². The Balaban J connectivity index is 2.17. The Morgan fingerprint density at radius 1 is 1.35 bits per heavy atom. The number of sulfone groups is 1. The molecule has 0 fully saturated rings. The van der Waals surface area contributed by atoms with E-state index in [2.05, 4.69) is 15.5 Å². The highest BCUT2D eigenvalue weighted by atomic mass is 32.2. The lowest BCUT2D eigenvalue weighted by molar-refractivity contribution is 0.373. The maximum absolute atomic E-state index is 11.5. The van der Waals surface area contributed by atoms with E-state index in [9.17, 15) is 8.42 Å². The van der Waals surface area contributed by atoms with Gasteiger partial charge in [-0.3, -0.25) is 0 Å². The molecule has 0 radical (unpaired) electrons. The molecule has 1 aromatic rings. The second kappa shape index (κ2) is 6.11. The Morgan fingerprint density at radius 3 is 2.59 bits per heavy atom. The first-order valence-corrected chi connectivity index (χ1v) is 7.35. The van der Waals surface area contributed by atoms with E-state index in [1.165, 1.54) is 0 Å². The number of nitrogens with zero attached hydrogens (tertiary/aromatic N) is 2. The summed E-state index contributed by atoms with van der Waals surface area (Å²) in [5.74, 6) is 1.34. The first-order valence-electron chi connectivity index (χ1n) is 5.63. The molecule has 0 saturated heterocycles. The molecule has 1 rings (SSSR count). The van der Waals surface area contributed by atoms with Crippen molar-refractivity contribution in [1.29, 1.82) is 0 Å². The van der Waals surface area contributed by atoms with Gasteiger partial charge in [0.1, 0.15) is 0 Å². The van der Waals surface area contributed by atoms with Crippen molar-refractivity contribution in [2.75, 3.05) is 18.8 Å². The van der Waals surface area contributed by atoms with Crippen LogP contribution in [0.15, 0.2) is 4.52 Å². The third-order valence-electron chi connectivity index (χ3n) is 2.37. The highest BCUT2D eigenvalue weighted by Crippen LogP contribution is 1.99. The fourth-order valence-electron chi connectivity index (χ4n) is 1.21. The van der Waals surface area contributed by atoms with E-state index < -0.39 is 9.84 Å². The quantitative estimate of drug-likeness (QED) is 0.712. The predicted octanol–water partition coefficient (Wildman–Crippen LogP) is 0.333. The molecule has 0 aliphatic carbocycles. The number of aromatic nitrogens is 2. The largest absolute Gasteiger partial charge is 0.339 e. The molecule has 1 aromatic heterocycles. The summed E-state index contributed by atoms with van der Waals surface area (Å²) in [7, 11) is -2.95. The molecule has 7 heteroatoms. The standard InChI is InChI=1S/C10H19N3O3S/c1-8(2)17(14,15)7-6-11-5-4-10-12-9(3)13-16-10/h8,11H,4-7H2,1-3H3.